The van der Waals surface area contributed by atoms with E-state index in [0.717, 1.165) is 24.6 Å². The number of aryl methyl sites for hydroxylation is 2. The van der Waals surface area contributed by atoms with Crippen LogP contribution in [-0.4, -0.2) is 30.3 Å². The topological polar surface area (TPSA) is 25.4 Å². The van der Waals surface area contributed by atoms with Crippen molar-refractivity contribution in [2.45, 2.75) is 39.9 Å². The van der Waals surface area contributed by atoms with E-state index in [9.17, 15) is 0 Å². The zero-order valence-electron chi connectivity index (χ0n) is 10.5. The van der Waals surface area contributed by atoms with Gasteiger partial charge < -0.3 is 9.64 Å². The molecule has 1 aliphatic rings. The van der Waals surface area contributed by atoms with Gasteiger partial charge in [0, 0.05) is 18.8 Å². The van der Waals surface area contributed by atoms with E-state index >= 15 is 0 Å². The molecule has 2 rings (SSSR count). The van der Waals surface area contributed by atoms with Gasteiger partial charge >= 0.3 is 0 Å². The van der Waals surface area contributed by atoms with Gasteiger partial charge in [-0.15, -0.1) is 0 Å². The van der Waals surface area contributed by atoms with Gasteiger partial charge in [-0.2, -0.15) is 0 Å². The van der Waals surface area contributed by atoms with E-state index in [2.05, 4.69) is 49.7 Å². The van der Waals surface area contributed by atoms with Crippen LogP contribution >= 0.6 is 0 Å². The molecule has 0 amide bonds. The van der Waals surface area contributed by atoms with Crippen molar-refractivity contribution in [3.05, 3.63) is 23.4 Å². The van der Waals surface area contributed by atoms with Gasteiger partial charge in [-0.1, -0.05) is 6.07 Å². The lowest BCUT2D eigenvalue weighted by atomic mass is 10.2. The molecule has 0 bridgehead atoms. The van der Waals surface area contributed by atoms with Gasteiger partial charge in [-0.05, 0) is 39.3 Å². The van der Waals surface area contributed by atoms with Gasteiger partial charge in [-0.25, -0.2) is 4.98 Å². The zero-order valence-corrected chi connectivity index (χ0v) is 10.5. The van der Waals surface area contributed by atoms with Crippen LogP contribution < -0.4 is 4.90 Å². The van der Waals surface area contributed by atoms with Crippen LogP contribution in [0.2, 0.25) is 0 Å². The molecule has 2 atom stereocenters. The summed E-state index contributed by atoms with van der Waals surface area (Å²) in [5.41, 5.74) is 2.36. The van der Waals surface area contributed by atoms with E-state index < -0.39 is 0 Å². The molecule has 0 radical (unpaired) electrons. The minimum atomic E-state index is 0.284. The summed E-state index contributed by atoms with van der Waals surface area (Å²) in [6, 6.07) is 4.25. The van der Waals surface area contributed by atoms with Crippen molar-refractivity contribution in [1.82, 2.24) is 4.98 Å². The molecule has 0 spiro atoms. The number of morpholine rings is 1. The maximum Gasteiger partial charge on any atom is 0.128 e. The lowest BCUT2D eigenvalue weighted by Gasteiger charge is -2.36. The van der Waals surface area contributed by atoms with Crippen LogP contribution in [0.15, 0.2) is 12.1 Å². The summed E-state index contributed by atoms with van der Waals surface area (Å²) in [5, 5.41) is 0. The Kier molecular flexibility index (Phi) is 3.15. The van der Waals surface area contributed by atoms with Gasteiger partial charge in [-0.3, -0.25) is 0 Å². The van der Waals surface area contributed by atoms with Gasteiger partial charge in [0.1, 0.15) is 5.82 Å². The normalized spacial score (nSPS) is 25.9. The largest absolute Gasteiger partial charge is 0.372 e. The Morgan fingerprint density at radius 2 is 1.81 bits per heavy atom. The third-order valence-electron chi connectivity index (χ3n) is 3.08. The quantitative estimate of drug-likeness (QED) is 0.726. The molecule has 88 valence electrons. The van der Waals surface area contributed by atoms with E-state index in [4.69, 9.17) is 4.74 Å². The molecule has 1 fully saturated rings. The average molecular weight is 220 g/mol. The van der Waals surface area contributed by atoms with Crippen LogP contribution in [0.1, 0.15) is 25.1 Å². The van der Waals surface area contributed by atoms with Crippen LogP contribution in [0.3, 0.4) is 0 Å². The first-order valence-electron chi connectivity index (χ1n) is 5.91. The van der Waals surface area contributed by atoms with E-state index in [1.165, 1.54) is 5.56 Å². The molecule has 1 aliphatic heterocycles. The fourth-order valence-electron chi connectivity index (χ4n) is 2.16. The number of rotatable bonds is 1. The first kappa shape index (κ1) is 11.4. The monoisotopic (exact) mass is 220 g/mol. The van der Waals surface area contributed by atoms with Crippen LogP contribution in [-0.2, 0) is 4.74 Å². The minimum absolute atomic E-state index is 0.284. The summed E-state index contributed by atoms with van der Waals surface area (Å²) < 4.78 is 5.72. The Morgan fingerprint density at radius 1 is 1.19 bits per heavy atom. The van der Waals surface area contributed by atoms with E-state index in [1.807, 2.05) is 0 Å². The van der Waals surface area contributed by atoms with Gasteiger partial charge in [0.25, 0.3) is 0 Å². The van der Waals surface area contributed by atoms with Crippen molar-refractivity contribution in [1.29, 1.82) is 0 Å². The molecule has 0 aromatic carbocycles. The molecule has 1 aromatic rings. The van der Waals surface area contributed by atoms with Gasteiger partial charge in [0.05, 0.1) is 12.2 Å². The highest BCUT2D eigenvalue weighted by molar-refractivity contribution is 5.42. The summed E-state index contributed by atoms with van der Waals surface area (Å²) in [6.45, 7) is 10.2. The molecule has 2 heterocycles. The lowest BCUT2D eigenvalue weighted by Crippen LogP contribution is -2.45. The van der Waals surface area contributed by atoms with E-state index in [-0.39, 0.29) is 12.2 Å². The van der Waals surface area contributed by atoms with Crippen LogP contribution in [0.25, 0.3) is 0 Å². The highest BCUT2D eigenvalue weighted by Crippen LogP contribution is 2.19. The highest BCUT2D eigenvalue weighted by atomic mass is 16.5. The molecule has 0 saturated carbocycles. The summed E-state index contributed by atoms with van der Waals surface area (Å²) in [7, 11) is 0. The number of hydrogen-bond donors (Lipinski definition) is 0. The first-order valence-corrected chi connectivity index (χ1v) is 5.91. The molecule has 2 unspecified atom stereocenters. The maximum atomic E-state index is 5.72. The highest BCUT2D eigenvalue weighted by Gasteiger charge is 2.23. The molecule has 3 nitrogen and oxygen atoms in total. The third kappa shape index (κ3) is 2.35. The third-order valence-corrected chi connectivity index (χ3v) is 3.08. The van der Waals surface area contributed by atoms with Crippen molar-refractivity contribution >= 4 is 5.82 Å². The number of nitrogens with zero attached hydrogens (tertiary/aromatic N) is 2. The van der Waals surface area contributed by atoms with Crippen molar-refractivity contribution in [2.24, 2.45) is 0 Å². The molecular weight excluding hydrogens is 200 g/mol. The molecule has 16 heavy (non-hydrogen) atoms. The molecule has 0 N–H and O–H groups in total. The van der Waals surface area contributed by atoms with Crippen molar-refractivity contribution < 1.29 is 4.74 Å². The Hall–Kier alpha value is -1.09. The summed E-state index contributed by atoms with van der Waals surface area (Å²) in [6.07, 6.45) is 0.569. The van der Waals surface area contributed by atoms with Crippen LogP contribution in [0.5, 0.6) is 0 Å². The second-order valence-corrected chi connectivity index (χ2v) is 4.73. The standard InChI is InChI=1S/C13H20N2O/c1-9-5-6-13(14-12(9)4)15-7-10(2)16-11(3)8-15/h5-6,10-11H,7-8H2,1-4H3. The summed E-state index contributed by atoms with van der Waals surface area (Å²) >= 11 is 0. The van der Waals surface area contributed by atoms with Crippen LogP contribution in [0.4, 0.5) is 5.82 Å². The van der Waals surface area contributed by atoms with Crippen molar-refractivity contribution in [3.8, 4) is 0 Å². The number of pyridine rings is 1. The minimum Gasteiger partial charge on any atom is -0.372 e. The Bertz CT molecular complexity index is 368. The number of ether oxygens (including phenoxy) is 1. The Balaban J connectivity index is 2.19. The fraction of sp³-hybridized carbons (Fsp3) is 0.615. The van der Waals surface area contributed by atoms with Gasteiger partial charge in [0.2, 0.25) is 0 Å². The fourth-order valence-corrected chi connectivity index (χ4v) is 2.16. The number of hydrogen-bond acceptors (Lipinski definition) is 3. The smallest absolute Gasteiger partial charge is 0.128 e. The second kappa shape index (κ2) is 4.42. The molecule has 3 heteroatoms. The Labute approximate surface area is 97.4 Å². The Morgan fingerprint density at radius 3 is 2.38 bits per heavy atom. The summed E-state index contributed by atoms with van der Waals surface area (Å²) in [4.78, 5) is 6.95. The van der Waals surface area contributed by atoms with E-state index in [0.29, 0.717) is 0 Å². The average Bonchev–Trinajstić information content (AvgIpc) is 2.20. The molecule has 1 saturated heterocycles. The predicted molar refractivity (Wildman–Crippen MR) is 65.9 cm³/mol. The SMILES string of the molecule is Cc1ccc(N2CC(C)OC(C)C2)nc1C. The van der Waals surface area contributed by atoms with E-state index in [1.54, 1.807) is 0 Å². The van der Waals surface area contributed by atoms with Crippen molar-refractivity contribution in [2.75, 3.05) is 18.0 Å². The molecule has 0 aliphatic carbocycles. The zero-order chi connectivity index (χ0) is 11.7. The first-order chi connectivity index (χ1) is 7.56. The second-order valence-electron chi connectivity index (χ2n) is 4.73. The lowest BCUT2D eigenvalue weighted by molar-refractivity contribution is -0.00546. The maximum absolute atomic E-state index is 5.72. The number of aromatic nitrogens is 1. The van der Waals surface area contributed by atoms with Crippen molar-refractivity contribution in [3.63, 3.8) is 0 Å². The van der Waals surface area contributed by atoms with Gasteiger partial charge in [0.15, 0.2) is 0 Å². The number of anilines is 1. The molecule has 1 aromatic heterocycles. The molecular formula is C13H20N2O. The predicted octanol–water partition coefficient (Wildman–Crippen LogP) is 2.31. The summed E-state index contributed by atoms with van der Waals surface area (Å²) in [5.74, 6) is 1.07. The van der Waals surface area contributed by atoms with Crippen LogP contribution in [0, 0.1) is 13.8 Å².